The molecule has 0 unspecified atom stereocenters. The first-order valence-corrected chi connectivity index (χ1v) is 12.9. The van der Waals surface area contributed by atoms with Crippen molar-refractivity contribution in [1.82, 2.24) is 10.3 Å². The van der Waals surface area contributed by atoms with Crippen LogP contribution in [0.25, 0.3) is 6.08 Å². The van der Waals surface area contributed by atoms with E-state index in [0.29, 0.717) is 15.7 Å². The van der Waals surface area contributed by atoms with E-state index in [1.54, 1.807) is 38.2 Å². The minimum absolute atomic E-state index is 0.00200. The second-order valence-electron chi connectivity index (χ2n) is 9.13. The van der Waals surface area contributed by atoms with Gasteiger partial charge in [-0.2, -0.15) is 5.10 Å². The van der Waals surface area contributed by atoms with E-state index in [1.807, 2.05) is 11.1 Å². The van der Waals surface area contributed by atoms with Crippen LogP contribution in [0.2, 0.25) is 0 Å². The molecule has 2 atom stereocenters. The van der Waals surface area contributed by atoms with Crippen LogP contribution < -0.4 is 10.3 Å². The predicted octanol–water partition coefficient (Wildman–Crippen LogP) is 5.43. The first-order chi connectivity index (χ1) is 18.3. The number of carbonyl (C=O) groups is 1. The molecule has 3 aromatic rings. The van der Waals surface area contributed by atoms with Crippen LogP contribution in [-0.2, 0) is 0 Å². The molecule has 2 aliphatic rings. The van der Waals surface area contributed by atoms with Crippen LogP contribution in [0, 0.1) is 33.1 Å². The minimum Gasteiger partial charge on any atom is -0.354 e. The molecule has 12 heteroatoms. The zero-order valence-corrected chi connectivity index (χ0v) is 21.5. The molecule has 2 aromatic carbocycles. The smallest absolute Gasteiger partial charge is 0.269 e. The summed E-state index contributed by atoms with van der Waals surface area (Å²) in [6.45, 7) is 1.78. The fourth-order valence-electron chi connectivity index (χ4n) is 4.98. The fraction of sp³-hybridized carbons (Fsp3) is 0.269. The van der Waals surface area contributed by atoms with Gasteiger partial charge in [0.15, 0.2) is 0 Å². The highest BCUT2D eigenvalue weighted by atomic mass is 32.1. The number of nitrogens with zero attached hydrogens (tertiary/aromatic N) is 5. The number of fused-ring (bicyclic) bond motifs is 1. The Hall–Kier alpha value is -4.45. The normalized spacial score (nSPS) is 19.7. The lowest BCUT2D eigenvalue weighted by Crippen LogP contribution is -2.28. The van der Waals surface area contributed by atoms with Gasteiger partial charge in [0.1, 0.15) is 4.88 Å². The predicted molar refractivity (Wildman–Crippen MR) is 144 cm³/mol. The number of nitrogens with one attached hydrogen (secondary N) is 1. The molecule has 38 heavy (non-hydrogen) atoms. The number of hydrogen-bond donors (Lipinski definition) is 1. The molecule has 2 heterocycles. The number of aryl methyl sites for hydroxylation is 1. The maximum absolute atomic E-state index is 12.4. The van der Waals surface area contributed by atoms with Gasteiger partial charge in [0.2, 0.25) is 5.13 Å². The zero-order valence-electron chi connectivity index (χ0n) is 20.7. The van der Waals surface area contributed by atoms with E-state index in [9.17, 15) is 25.0 Å². The summed E-state index contributed by atoms with van der Waals surface area (Å²) in [7, 11) is 1.57. The molecule has 194 valence electrons. The SMILES string of the molecule is CNC(=O)c1sc(N2N=C3/C(=C\c4ccc([N+](=O)[O-])cc4)CCC[C@@H]3[C@H]2c2ccc([N+](=O)[O-])cc2)nc1C. The topological polar surface area (TPSA) is 144 Å². The number of hydrogen-bond acceptors (Lipinski definition) is 9. The first-order valence-electron chi connectivity index (χ1n) is 12.0. The van der Waals surface area contributed by atoms with Crippen LogP contribution in [0.4, 0.5) is 16.5 Å². The van der Waals surface area contributed by atoms with E-state index in [1.165, 1.54) is 35.6 Å². The van der Waals surface area contributed by atoms with Crippen molar-refractivity contribution in [3.05, 3.63) is 96.0 Å². The maximum Gasteiger partial charge on any atom is 0.269 e. The highest BCUT2D eigenvalue weighted by Gasteiger charge is 2.43. The van der Waals surface area contributed by atoms with Gasteiger partial charge in [0.05, 0.1) is 27.3 Å². The van der Waals surface area contributed by atoms with Crippen LogP contribution in [0.1, 0.15) is 51.8 Å². The Balaban J connectivity index is 1.58. The Kier molecular flexibility index (Phi) is 6.72. The molecule has 11 nitrogen and oxygen atoms in total. The third-order valence-corrected chi connectivity index (χ3v) is 7.95. The number of amides is 1. The number of thiazole rings is 1. The van der Waals surface area contributed by atoms with E-state index in [-0.39, 0.29) is 29.2 Å². The molecule has 0 radical (unpaired) electrons. The fourth-order valence-corrected chi connectivity index (χ4v) is 5.98. The van der Waals surface area contributed by atoms with Crippen LogP contribution >= 0.6 is 11.3 Å². The van der Waals surface area contributed by atoms with Crippen LogP contribution in [0.5, 0.6) is 0 Å². The van der Waals surface area contributed by atoms with Crippen LogP contribution in [0.3, 0.4) is 0 Å². The number of nitro benzene ring substituents is 2. The van der Waals surface area contributed by atoms with Crippen molar-refractivity contribution in [2.75, 3.05) is 12.1 Å². The molecule has 0 spiro atoms. The summed E-state index contributed by atoms with van der Waals surface area (Å²) in [5.74, 6) is -0.219. The first kappa shape index (κ1) is 25.2. The number of anilines is 1. The van der Waals surface area contributed by atoms with E-state index in [0.717, 1.165) is 41.7 Å². The molecule has 5 rings (SSSR count). The molecule has 0 saturated heterocycles. The molecule has 0 bridgehead atoms. The Bertz CT molecular complexity index is 1480. The quantitative estimate of drug-likeness (QED) is 0.329. The number of carbonyl (C=O) groups excluding carboxylic acids is 1. The van der Waals surface area contributed by atoms with Gasteiger partial charge in [0.25, 0.3) is 17.3 Å². The number of rotatable bonds is 6. The summed E-state index contributed by atoms with van der Waals surface area (Å²) in [6, 6.07) is 12.6. The highest BCUT2D eigenvalue weighted by Crippen LogP contribution is 2.47. The van der Waals surface area contributed by atoms with Gasteiger partial charge in [-0.15, -0.1) is 0 Å². The average Bonchev–Trinajstić information content (AvgIpc) is 3.50. The van der Waals surface area contributed by atoms with Crippen molar-refractivity contribution in [3.8, 4) is 0 Å². The van der Waals surface area contributed by atoms with Gasteiger partial charge in [-0.3, -0.25) is 25.0 Å². The lowest BCUT2D eigenvalue weighted by atomic mass is 9.77. The van der Waals surface area contributed by atoms with Gasteiger partial charge in [-0.25, -0.2) is 9.99 Å². The molecule has 1 aliphatic carbocycles. The zero-order chi connectivity index (χ0) is 27.0. The van der Waals surface area contributed by atoms with Gasteiger partial charge in [-0.05, 0) is 61.1 Å². The summed E-state index contributed by atoms with van der Waals surface area (Å²) in [6.07, 6.45) is 4.59. The number of aromatic nitrogens is 1. The minimum atomic E-state index is -0.427. The average molecular weight is 533 g/mol. The van der Waals surface area contributed by atoms with E-state index in [4.69, 9.17) is 5.10 Å². The third kappa shape index (κ3) is 4.65. The third-order valence-electron chi connectivity index (χ3n) is 6.81. The van der Waals surface area contributed by atoms with Gasteiger partial charge in [0, 0.05) is 37.2 Å². The molecule has 1 amide bonds. The van der Waals surface area contributed by atoms with Crippen molar-refractivity contribution < 1.29 is 14.6 Å². The lowest BCUT2D eigenvalue weighted by molar-refractivity contribution is -0.385. The van der Waals surface area contributed by atoms with Crippen molar-refractivity contribution in [2.45, 2.75) is 32.2 Å². The summed E-state index contributed by atoms with van der Waals surface area (Å²) in [5.41, 5.74) is 4.27. The van der Waals surface area contributed by atoms with Crippen molar-refractivity contribution in [1.29, 1.82) is 0 Å². The standard InChI is InChI=1S/C26H24N6O5S/c1-15-24(25(33)27-2)38-26(28-15)30-23(17-8-12-20(13-9-17)32(36)37)21-5-3-4-18(22(21)29-30)14-16-6-10-19(11-7-16)31(34)35/h6-14,21,23H,3-5H2,1-2H3,(H,27,33)/b18-14-/t21-,23+/m0/s1. The Labute approximate surface area is 221 Å². The second-order valence-corrected chi connectivity index (χ2v) is 10.1. The maximum atomic E-state index is 12.4. The molecule has 1 N–H and O–H groups in total. The number of allylic oxidation sites excluding steroid dienone is 1. The highest BCUT2D eigenvalue weighted by molar-refractivity contribution is 7.17. The van der Waals surface area contributed by atoms with Crippen molar-refractivity contribution >= 4 is 45.5 Å². The van der Waals surface area contributed by atoms with Crippen LogP contribution in [0.15, 0.2) is 59.2 Å². The number of hydrazone groups is 1. The summed E-state index contributed by atoms with van der Waals surface area (Å²) in [4.78, 5) is 39.0. The second kappa shape index (κ2) is 10.1. The summed E-state index contributed by atoms with van der Waals surface area (Å²) in [5, 5.41) is 32.3. The van der Waals surface area contributed by atoms with Crippen LogP contribution in [-0.4, -0.2) is 33.5 Å². The van der Waals surface area contributed by atoms with E-state index < -0.39 is 9.85 Å². The Morgan fingerprint density at radius 2 is 1.71 bits per heavy atom. The number of benzene rings is 2. The summed E-state index contributed by atoms with van der Waals surface area (Å²) < 4.78 is 0. The van der Waals surface area contributed by atoms with Gasteiger partial charge in [-0.1, -0.05) is 23.5 Å². The summed E-state index contributed by atoms with van der Waals surface area (Å²) >= 11 is 1.26. The Morgan fingerprint density at radius 1 is 1.08 bits per heavy atom. The van der Waals surface area contributed by atoms with E-state index in [2.05, 4.69) is 10.3 Å². The van der Waals surface area contributed by atoms with E-state index >= 15 is 0 Å². The number of non-ortho nitro benzene ring substituents is 2. The molecule has 1 aromatic heterocycles. The monoisotopic (exact) mass is 532 g/mol. The molecule has 1 fully saturated rings. The molecule has 1 saturated carbocycles. The van der Waals surface area contributed by atoms with Crippen molar-refractivity contribution in [3.63, 3.8) is 0 Å². The lowest BCUT2D eigenvalue weighted by Gasteiger charge is -2.29. The number of nitro groups is 2. The van der Waals surface area contributed by atoms with Gasteiger partial charge >= 0.3 is 0 Å². The van der Waals surface area contributed by atoms with Crippen molar-refractivity contribution in [2.24, 2.45) is 11.0 Å². The molecule has 1 aliphatic heterocycles. The van der Waals surface area contributed by atoms with Gasteiger partial charge < -0.3 is 5.32 Å². The molecular formula is C26H24N6O5S. The Morgan fingerprint density at radius 3 is 2.32 bits per heavy atom. The largest absolute Gasteiger partial charge is 0.354 e. The molecular weight excluding hydrogens is 508 g/mol.